The first-order chi connectivity index (χ1) is 9.15. The first-order valence-corrected chi connectivity index (χ1v) is 7.68. The number of nitrogens with one attached hydrogen (secondary N) is 1. The Morgan fingerprint density at radius 1 is 1.00 bits per heavy atom. The van der Waals surface area contributed by atoms with Crippen LogP contribution in [0.5, 0.6) is 0 Å². The molecule has 3 aliphatic carbocycles. The first-order valence-electron chi connectivity index (χ1n) is 7.68. The van der Waals surface area contributed by atoms with Crippen LogP contribution in [0.15, 0.2) is 0 Å². The summed E-state index contributed by atoms with van der Waals surface area (Å²) in [6.07, 6.45) is 8.92. The summed E-state index contributed by atoms with van der Waals surface area (Å²) >= 11 is 0. The van der Waals surface area contributed by atoms with Crippen LogP contribution in [0.3, 0.4) is 0 Å². The van der Waals surface area contributed by atoms with Gasteiger partial charge in [-0.2, -0.15) is 0 Å². The first kappa shape index (κ1) is 12.9. The normalized spacial score (nSPS) is 38.3. The third-order valence-corrected chi connectivity index (χ3v) is 5.27. The molecular weight excluding hydrogens is 242 g/mol. The highest BCUT2D eigenvalue weighted by Crippen LogP contribution is 2.49. The van der Waals surface area contributed by atoms with Gasteiger partial charge in [0.15, 0.2) is 0 Å². The third-order valence-electron chi connectivity index (χ3n) is 5.27. The monoisotopic (exact) mass is 265 g/mol. The van der Waals surface area contributed by atoms with Gasteiger partial charge in [-0.05, 0) is 31.1 Å². The molecule has 0 aromatic heterocycles. The molecule has 3 aliphatic rings. The van der Waals surface area contributed by atoms with Crippen LogP contribution in [0.1, 0.15) is 51.4 Å². The van der Waals surface area contributed by atoms with E-state index in [0.717, 1.165) is 12.3 Å². The van der Waals surface area contributed by atoms with Crippen LogP contribution in [0, 0.1) is 23.7 Å². The van der Waals surface area contributed by atoms with Crippen molar-refractivity contribution in [3.8, 4) is 0 Å². The summed E-state index contributed by atoms with van der Waals surface area (Å²) in [7, 11) is 0. The van der Waals surface area contributed by atoms with Crippen LogP contribution < -0.4 is 5.32 Å². The molecule has 0 radical (unpaired) electrons. The fraction of sp³-hybridized carbons (Fsp3) is 0.867. The topological polar surface area (TPSA) is 66.4 Å². The van der Waals surface area contributed by atoms with Crippen molar-refractivity contribution < 1.29 is 14.7 Å². The number of hydrogen-bond donors (Lipinski definition) is 2. The van der Waals surface area contributed by atoms with Crippen LogP contribution in [0.2, 0.25) is 0 Å². The van der Waals surface area contributed by atoms with E-state index >= 15 is 0 Å². The fourth-order valence-electron chi connectivity index (χ4n) is 3.84. The number of amides is 1. The van der Waals surface area contributed by atoms with Crippen molar-refractivity contribution in [1.82, 2.24) is 5.32 Å². The zero-order chi connectivity index (χ0) is 13.4. The molecule has 0 aromatic carbocycles. The Labute approximate surface area is 113 Å². The number of carbonyl (C=O) groups excluding carboxylic acids is 1. The van der Waals surface area contributed by atoms with E-state index in [0.29, 0.717) is 18.8 Å². The molecule has 0 heterocycles. The van der Waals surface area contributed by atoms with Crippen molar-refractivity contribution in [2.45, 2.75) is 57.4 Å². The minimum absolute atomic E-state index is 0.112. The van der Waals surface area contributed by atoms with Crippen molar-refractivity contribution in [3.05, 3.63) is 0 Å². The minimum Gasteiger partial charge on any atom is -0.481 e. The van der Waals surface area contributed by atoms with Gasteiger partial charge < -0.3 is 10.4 Å². The summed E-state index contributed by atoms with van der Waals surface area (Å²) in [5, 5.41) is 11.8. The fourth-order valence-corrected chi connectivity index (χ4v) is 3.84. The van der Waals surface area contributed by atoms with Crippen LogP contribution in [-0.2, 0) is 9.59 Å². The second kappa shape index (κ2) is 5.14. The van der Waals surface area contributed by atoms with E-state index in [1.165, 1.54) is 32.1 Å². The number of carbonyl (C=O) groups is 2. The number of carboxylic acid groups (broad SMARTS) is 1. The smallest absolute Gasteiger partial charge is 0.306 e. The lowest BCUT2D eigenvalue weighted by atomic mass is 9.80. The second-order valence-electron chi connectivity index (χ2n) is 6.62. The Bertz CT molecular complexity index is 370. The summed E-state index contributed by atoms with van der Waals surface area (Å²) < 4.78 is 0. The predicted octanol–water partition coefficient (Wildman–Crippen LogP) is 2.18. The van der Waals surface area contributed by atoms with Gasteiger partial charge in [-0.25, -0.2) is 0 Å². The van der Waals surface area contributed by atoms with Crippen molar-refractivity contribution in [3.63, 3.8) is 0 Å². The van der Waals surface area contributed by atoms with Crippen LogP contribution in [0.4, 0.5) is 0 Å². The number of carboxylic acids is 1. The summed E-state index contributed by atoms with van der Waals surface area (Å²) in [6.45, 7) is 0. The Morgan fingerprint density at radius 2 is 1.68 bits per heavy atom. The lowest BCUT2D eigenvalue weighted by molar-refractivity contribution is -0.146. The average Bonchev–Trinajstić information content (AvgIpc) is 3.14. The lowest BCUT2D eigenvalue weighted by Crippen LogP contribution is -2.47. The molecule has 0 aromatic rings. The van der Waals surface area contributed by atoms with Crippen molar-refractivity contribution in [1.29, 1.82) is 0 Å². The Balaban J connectivity index is 1.39. The maximum absolute atomic E-state index is 12.1. The third kappa shape index (κ3) is 2.77. The molecule has 2 N–H and O–H groups in total. The zero-order valence-corrected chi connectivity index (χ0v) is 11.3. The van der Waals surface area contributed by atoms with Gasteiger partial charge in [0, 0.05) is 12.0 Å². The second-order valence-corrected chi connectivity index (χ2v) is 6.62. The van der Waals surface area contributed by atoms with Crippen LogP contribution in [0.25, 0.3) is 0 Å². The molecule has 4 nitrogen and oxygen atoms in total. The van der Waals surface area contributed by atoms with Crippen molar-refractivity contribution in [2.75, 3.05) is 0 Å². The summed E-state index contributed by atoms with van der Waals surface area (Å²) in [5.41, 5.74) is 0. The van der Waals surface area contributed by atoms with E-state index in [2.05, 4.69) is 5.32 Å². The van der Waals surface area contributed by atoms with E-state index in [-0.39, 0.29) is 23.8 Å². The largest absolute Gasteiger partial charge is 0.481 e. The summed E-state index contributed by atoms with van der Waals surface area (Å²) in [5.74, 6) is 0.848. The quantitative estimate of drug-likeness (QED) is 0.818. The molecular formula is C15H23NO3. The highest BCUT2D eigenvalue weighted by molar-refractivity contribution is 5.82. The van der Waals surface area contributed by atoms with Crippen molar-refractivity contribution >= 4 is 11.9 Å². The molecule has 3 rings (SSSR count). The lowest BCUT2D eigenvalue weighted by Gasteiger charge is -2.33. The highest BCUT2D eigenvalue weighted by Gasteiger charge is 2.48. The van der Waals surface area contributed by atoms with Gasteiger partial charge in [-0.15, -0.1) is 0 Å². The number of rotatable bonds is 4. The molecule has 0 spiro atoms. The molecule has 1 amide bonds. The van der Waals surface area contributed by atoms with Crippen LogP contribution in [-0.4, -0.2) is 23.0 Å². The van der Waals surface area contributed by atoms with Gasteiger partial charge in [0.25, 0.3) is 0 Å². The average molecular weight is 265 g/mol. The molecule has 3 fully saturated rings. The SMILES string of the molecule is O=C(O)C1CC(NC(=O)C2CC2C2CCCCC2)C1. The van der Waals surface area contributed by atoms with Crippen LogP contribution >= 0.6 is 0 Å². The molecule has 19 heavy (non-hydrogen) atoms. The molecule has 0 bridgehead atoms. The molecule has 0 aliphatic heterocycles. The van der Waals surface area contributed by atoms with Gasteiger partial charge in [0.05, 0.1) is 5.92 Å². The van der Waals surface area contributed by atoms with Crippen molar-refractivity contribution in [2.24, 2.45) is 23.7 Å². The standard InChI is InChI=1S/C15H23NO3/c17-14(16-11-6-10(7-11)15(18)19)13-8-12(13)9-4-2-1-3-5-9/h9-13H,1-8H2,(H,16,17)(H,18,19). The molecule has 2 atom stereocenters. The molecule has 3 saturated carbocycles. The Kier molecular flexibility index (Phi) is 3.50. The van der Waals surface area contributed by atoms with Gasteiger partial charge in [-0.3, -0.25) is 9.59 Å². The Hall–Kier alpha value is -1.06. The van der Waals surface area contributed by atoms with E-state index in [9.17, 15) is 9.59 Å². The maximum atomic E-state index is 12.1. The Morgan fingerprint density at radius 3 is 2.32 bits per heavy atom. The van der Waals surface area contributed by atoms with E-state index < -0.39 is 5.97 Å². The van der Waals surface area contributed by atoms with Gasteiger partial charge in [0.1, 0.15) is 0 Å². The van der Waals surface area contributed by atoms with Gasteiger partial charge >= 0.3 is 5.97 Å². The number of aliphatic carboxylic acids is 1. The zero-order valence-electron chi connectivity index (χ0n) is 11.3. The molecule has 4 heteroatoms. The maximum Gasteiger partial charge on any atom is 0.306 e. The van der Waals surface area contributed by atoms with Gasteiger partial charge in [0.2, 0.25) is 5.91 Å². The van der Waals surface area contributed by atoms with Gasteiger partial charge in [-0.1, -0.05) is 32.1 Å². The van der Waals surface area contributed by atoms with E-state index in [1.807, 2.05) is 0 Å². The molecule has 0 saturated heterocycles. The number of hydrogen-bond acceptors (Lipinski definition) is 2. The summed E-state index contributed by atoms with van der Waals surface area (Å²) in [6, 6.07) is 0.112. The minimum atomic E-state index is -0.725. The summed E-state index contributed by atoms with van der Waals surface area (Å²) in [4.78, 5) is 22.8. The highest BCUT2D eigenvalue weighted by atomic mass is 16.4. The van der Waals surface area contributed by atoms with E-state index in [4.69, 9.17) is 5.11 Å². The molecule has 106 valence electrons. The van der Waals surface area contributed by atoms with E-state index in [1.54, 1.807) is 0 Å². The predicted molar refractivity (Wildman–Crippen MR) is 70.5 cm³/mol. The molecule has 2 unspecified atom stereocenters.